The standard InChI is InChI=1S/C20H21N3O3S/c1-13-5-4-6-19(15(13)3)23-27(25,26)18-9-7-16(8-10-18)12-17-11-14(2)21-22-20(17)24/h4-11,23H,12H2,1-3H3,(H,22,24). The average molecular weight is 383 g/mol. The third-order valence-corrected chi connectivity index (χ3v) is 5.87. The topological polar surface area (TPSA) is 91.9 Å². The molecule has 0 saturated carbocycles. The summed E-state index contributed by atoms with van der Waals surface area (Å²) in [5.74, 6) is 0. The van der Waals surface area contributed by atoms with Gasteiger partial charge >= 0.3 is 0 Å². The van der Waals surface area contributed by atoms with Gasteiger partial charge in [-0.3, -0.25) is 9.52 Å². The van der Waals surface area contributed by atoms with E-state index in [1.54, 1.807) is 43.3 Å². The fraction of sp³-hybridized carbons (Fsp3) is 0.200. The first-order valence-corrected chi connectivity index (χ1v) is 9.98. The third-order valence-electron chi connectivity index (χ3n) is 4.49. The molecule has 3 aromatic rings. The van der Waals surface area contributed by atoms with Gasteiger partial charge in [0.2, 0.25) is 0 Å². The van der Waals surface area contributed by atoms with E-state index in [0.717, 1.165) is 22.4 Å². The number of nitrogens with zero attached hydrogens (tertiary/aromatic N) is 1. The quantitative estimate of drug-likeness (QED) is 0.708. The molecule has 0 fully saturated rings. The minimum absolute atomic E-state index is 0.173. The van der Waals surface area contributed by atoms with Crippen LogP contribution in [0.5, 0.6) is 0 Å². The highest BCUT2D eigenvalue weighted by Crippen LogP contribution is 2.22. The van der Waals surface area contributed by atoms with Crippen LogP contribution in [0.3, 0.4) is 0 Å². The van der Waals surface area contributed by atoms with Crippen LogP contribution in [0.4, 0.5) is 5.69 Å². The molecule has 140 valence electrons. The zero-order valence-electron chi connectivity index (χ0n) is 15.4. The molecule has 0 aliphatic heterocycles. The van der Waals surface area contributed by atoms with Crippen molar-refractivity contribution in [1.82, 2.24) is 10.2 Å². The Morgan fingerprint density at radius 3 is 2.44 bits per heavy atom. The van der Waals surface area contributed by atoms with Crippen LogP contribution in [-0.2, 0) is 16.4 Å². The van der Waals surface area contributed by atoms with Crippen molar-refractivity contribution in [2.45, 2.75) is 32.1 Å². The van der Waals surface area contributed by atoms with Crippen LogP contribution in [0.15, 0.2) is 58.2 Å². The number of sulfonamides is 1. The second-order valence-electron chi connectivity index (χ2n) is 6.54. The second-order valence-corrected chi connectivity index (χ2v) is 8.22. The lowest BCUT2D eigenvalue weighted by atomic mass is 10.1. The minimum Gasteiger partial charge on any atom is -0.279 e. The van der Waals surface area contributed by atoms with Crippen LogP contribution in [0.2, 0.25) is 0 Å². The monoisotopic (exact) mass is 383 g/mol. The lowest BCUT2D eigenvalue weighted by Crippen LogP contribution is -2.15. The van der Waals surface area contributed by atoms with Crippen molar-refractivity contribution in [3.63, 3.8) is 0 Å². The molecule has 3 rings (SSSR count). The number of nitrogens with one attached hydrogen (secondary N) is 2. The van der Waals surface area contributed by atoms with Crippen LogP contribution in [-0.4, -0.2) is 18.6 Å². The van der Waals surface area contributed by atoms with Crippen molar-refractivity contribution in [1.29, 1.82) is 0 Å². The second kappa shape index (κ2) is 7.36. The van der Waals surface area contributed by atoms with E-state index in [4.69, 9.17) is 0 Å². The lowest BCUT2D eigenvalue weighted by molar-refractivity contribution is 0.601. The summed E-state index contributed by atoms with van der Waals surface area (Å²) in [4.78, 5) is 12.0. The largest absolute Gasteiger partial charge is 0.279 e. The Balaban J connectivity index is 1.82. The molecule has 0 aliphatic rings. The Morgan fingerprint density at radius 2 is 1.74 bits per heavy atom. The van der Waals surface area contributed by atoms with Gasteiger partial charge in [0.1, 0.15) is 0 Å². The molecule has 0 atom stereocenters. The molecule has 0 saturated heterocycles. The molecule has 2 N–H and O–H groups in total. The average Bonchev–Trinajstić information content (AvgIpc) is 2.62. The number of aromatic amines is 1. The molecule has 0 spiro atoms. The number of H-pyrrole nitrogens is 1. The summed E-state index contributed by atoms with van der Waals surface area (Å²) in [5, 5.41) is 6.31. The zero-order chi connectivity index (χ0) is 19.6. The van der Waals surface area contributed by atoms with E-state index in [2.05, 4.69) is 14.9 Å². The highest BCUT2D eigenvalue weighted by atomic mass is 32.2. The first-order valence-electron chi connectivity index (χ1n) is 8.49. The molecule has 1 aromatic heterocycles. The molecule has 7 heteroatoms. The number of aromatic nitrogens is 2. The van der Waals surface area contributed by atoms with Gasteiger partial charge in [-0.2, -0.15) is 5.10 Å². The predicted octanol–water partition coefficient (Wildman–Crippen LogP) is 3.09. The van der Waals surface area contributed by atoms with Crippen molar-refractivity contribution < 1.29 is 8.42 Å². The molecule has 0 amide bonds. The van der Waals surface area contributed by atoms with Gasteiger partial charge in [0, 0.05) is 12.0 Å². The van der Waals surface area contributed by atoms with Gasteiger partial charge in [0.05, 0.1) is 16.3 Å². The number of hydrogen-bond donors (Lipinski definition) is 2. The molecule has 1 heterocycles. The van der Waals surface area contributed by atoms with E-state index < -0.39 is 10.0 Å². The summed E-state index contributed by atoms with van der Waals surface area (Å²) in [7, 11) is -3.68. The molecule has 0 unspecified atom stereocenters. The first-order chi connectivity index (χ1) is 12.8. The van der Waals surface area contributed by atoms with E-state index in [1.165, 1.54) is 0 Å². The summed E-state index contributed by atoms with van der Waals surface area (Å²) < 4.78 is 28.0. The number of aryl methyl sites for hydroxylation is 2. The molecular weight excluding hydrogens is 362 g/mol. The lowest BCUT2D eigenvalue weighted by Gasteiger charge is -2.12. The number of benzene rings is 2. The SMILES string of the molecule is Cc1cc(Cc2ccc(S(=O)(=O)Nc3cccc(C)c3C)cc2)c(=O)[nH]n1. The summed E-state index contributed by atoms with van der Waals surface area (Å²) in [6.45, 7) is 5.61. The smallest absolute Gasteiger partial charge is 0.267 e. The molecule has 0 aliphatic carbocycles. The van der Waals surface area contributed by atoms with Gasteiger partial charge in [-0.25, -0.2) is 13.5 Å². The molecule has 6 nitrogen and oxygen atoms in total. The summed E-state index contributed by atoms with van der Waals surface area (Å²) >= 11 is 0. The van der Waals surface area contributed by atoms with Crippen LogP contribution in [0.1, 0.15) is 27.9 Å². The van der Waals surface area contributed by atoms with Gasteiger partial charge in [-0.15, -0.1) is 0 Å². The highest BCUT2D eigenvalue weighted by molar-refractivity contribution is 7.92. The Labute approximate surface area is 158 Å². The fourth-order valence-corrected chi connectivity index (χ4v) is 3.89. The first kappa shape index (κ1) is 18.8. The van der Waals surface area contributed by atoms with Crippen LogP contribution in [0.25, 0.3) is 0 Å². The third kappa shape index (κ3) is 4.25. The molecule has 0 bridgehead atoms. The number of hydrogen-bond acceptors (Lipinski definition) is 4. The van der Waals surface area contributed by atoms with E-state index in [1.807, 2.05) is 26.0 Å². The maximum Gasteiger partial charge on any atom is 0.267 e. The molecule has 2 aromatic carbocycles. The van der Waals surface area contributed by atoms with E-state index >= 15 is 0 Å². The van der Waals surface area contributed by atoms with Gasteiger partial charge < -0.3 is 0 Å². The van der Waals surface area contributed by atoms with E-state index in [9.17, 15) is 13.2 Å². The van der Waals surface area contributed by atoms with Crippen molar-refractivity contribution in [2.75, 3.05) is 4.72 Å². The summed E-state index contributed by atoms with van der Waals surface area (Å²) in [5.41, 5.74) is 4.39. The van der Waals surface area contributed by atoms with Crippen LogP contribution >= 0.6 is 0 Å². The Bertz CT molecular complexity index is 1130. The molecular formula is C20H21N3O3S. The number of anilines is 1. The number of rotatable bonds is 5. The van der Waals surface area contributed by atoms with Crippen molar-refractivity contribution in [2.24, 2.45) is 0 Å². The van der Waals surface area contributed by atoms with Gasteiger partial charge in [0.15, 0.2) is 0 Å². The molecule has 0 radical (unpaired) electrons. The van der Waals surface area contributed by atoms with Gasteiger partial charge in [-0.05, 0) is 61.7 Å². The zero-order valence-corrected chi connectivity index (χ0v) is 16.2. The predicted molar refractivity (Wildman–Crippen MR) is 106 cm³/mol. The fourth-order valence-electron chi connectivity index (χ4n) is 2.76. The summed E-state index contributed by atoms with van der Waals surface area (Å²) in [6.07, 6.45) is 0.406. The normalized spacial score (nSPS) is 11.4. The van der Waals surface area contributed by atoms with Crippen molar-refractivity contribution >= 4 is 15.7 Å². The maximum atomic E-state index is 12.7. The van der Waals surface area contributed by atoms with E-state index in [0.29, 0.717) is 17.7 Å². The summed E-state index contributed by atoms with van der Waals surface area (Å²) in [6, 6.07) is 13.7. The van der Waals surface area contributed by atoms with Gasteiger partial charge in [0.25, 0.3) is 15.6 Å². The Morgan fingerprint density at radius 1 is 1.04 bits per heavy atom. The van der Waals surface area contributed by atoms with Crippen molar-refractivity contribution in [3.8, 4) is 0 Å². The van der Waals surface area contributed by atoms with Gasteiger partial charge in [-0.1, -0.05) is 24.3 Å². The van der Waals surface area contributed by atoms with Crippen LogP contribution < -0.4 is 10.3 Å². The Hall–Kier alpha value is -2.93. The maximum absolute atomic E-state index is 12.7. The molecule has 27 heavy (non-hydrogen) atoms. The minimum atomic E-state index is -3.68. The van der Waals surface area contributed by atoms with Crippen molar-refractivity contribution in [3.05, 3.63) is 86.8 Å². The Kier molecular flexibility index (Phi) is 5.14. The van der Waals surface area contributed by atoms with E-state index in [-0.39, 0.29) is 10.5 Å². The van der Waals surface area contributed by atoms with Crippen LogP contribution in [0, 0.1) is 20.8 Å². The highest BCUT2D eigenvalue weighted by Gasteiger charge is 2.16.